The van der Waals surface area contributed by atoms with Gasteiger partial charge in [0.25, 0.3) is 5.91 Å². The summed E-state index contributed by atoms with van der Waals surface area (Å²) in [6.07, 6.45) is 2.95. The molecule has 3 aromatic rings. The van der Waals surface area contributed by atoms with Gasteiger partial charge < -0.3 is 14.4 Å². The zero-order chi connectivity index (χ0) is 18.8. The van der Waals surface area contributed by atoms with Gasteiger partial charge in [0.05, 0.1) is 6.54 Å². The van der Waals surface area contributed by atoms with Crippen LogP contribution in [0.4, 0.5) is 0 Å². The van der Waals surface area contributed by atoms with Gasteiger partial charge in [-0.1, -0.05) is 36.3 Å². The van der Waals surface area contributed by atoms with Crippen LogP contribution in [0.1, 0.15) is 60.6 Å². The monoisotopic (exact) mass is 367 g/mol. The normalized spacial score (nSPS) is 13.9. The van der Waals surface area contributed by atoms with E-state index in [9.17, 15) is 4.79 Å². The second-order valence-electron chi connectivity index (χ2n) is 7.19. The Hall–Kier alpha value is -3.03. The van der Waals surface area contributed by atoms with Crippen molar-refractivity contribution in [3.8, 4) is 11.4 Å². The number of carbonyl (C=O) groups is 1. The maximum absolute atomic E-state index is 12.3. The molecule has 2 heterocycles. The van der Waals surface area contributed by atoms with Crippen molar-refractivity contribution >= 4 is 5.91 Å². The summed E-state index contributed by atoms with van der Waals surface area (Å²) in [6.45, 7) is 4.38. The summed E-state index contributed by atoms with van der Waals surface area (Å²) >= 11 is 0. The molecule has 1 fully saturated rings. The molecule has 0 spiro atoms. The summed E-state index contributed by atoms with van der Waals surface area (Å²) < 4.78 is 10.4. The number of nitrogens with one attached hydrogen (secondary N) is 1. The van der Waals surface area contributed by atoms with Crippen LogP contribution in [0.15, 0.2) is 33.3 Å². The standard InChI is InChI=1S/C19H21N5O3/c1-11(2)9-16-21-15(23-26-16)10-20-18(25)13-5-3-12(4-6-13)17-22-19(27-24-17)14-7-8-14/h3-6,11,14H,7-10H2,1-2H3,(H,20,25). The molecule has 8 heteroatoms. The van der Waals surface area contributed by atoms with Gasteiger partial charge in [0, 0.05) is 23.5 Å². The molecule has 1 aromatic carbocycles. The van der Waals surface area contributed by atoms with Crippen molar-refractivity contribution in [2.45, 2.75) is 45.6 Å². The number of benzene rings is 1. The third kappa shape index (κ3) is 4.21. The zero-order valence-corrected chi connectivity index (χ0v) is 15.3. The van der Waals surface area contributed by atoms with Crippen molar-refractivity contribution in [3.05, 3.63) is 47.4 Å². The minimum absolute atomic E-state index is 0.205. The van der Waals surface area contributed by atoms with Gasteiger partial charge in [-0.3, -0.25) is 4.79 Å². The van der Waals surface area contributed by atoms with Crippen molar-refractivity contribution in [2.75, 3.05) is 0 Å². The summed E-state index contributed by atoms with van der Waals surface area (Å²) in [4.78, 5) is 21.0. The Morgan fingerprint density at radius 1 is 1.15 bits per heavy atom. The predicted molar refractivity (Wildman–Crippen MR) is 95.7 cm³/mol. The Kier molecular flexibility index (Phi) is 4.70. The topological polar surface area (TPSA) is 107 Å². The maximum Gasteiger partial charge on any atom is 0.251 e. The first-order chi connectivity index (χ1) is 13.1. The molecule has 1 saturated carbocycles. The molecule has 27 heavy (non-hydrogen) atoms. The van der Waals surface area contributed by atoms with Crippen molar-refractivity contribution in [1.29, 1.82) is 0 Å². The Balaban J connectivity index is 1.35. The van der Waals surface area contributed by atoms with Gasteiger partial charge in [-0.15, -0.1) is 0 Å². The summed E-state index contributed by atoms with van der Waals surface area (Å²) in [7, 11) is 0. The minimum atomic E-state index is -0.205. The fourth-order valence-corrected chi connectivity index (χ4v) is 2.67. The molecule has 4 rings (SSSR count). The van der Waals surface area contributed by atoms with E-state index in [0.29, 0.717) is 40.8 Å². The lowest BCUT2D eigenvalue weighted by molar-refractivity contribution is 0.0949. The first-order valence-corrected chi connectivity index (χ1v) is 9.12. The maximum atomic E-state index is 12.3. The van der Waals surface area contributed by atoms with Crippen LogP contribution in [0.3, 0.4) is 0 Å². The first kappa shape index (κ1) is 17.4. The third-order valence-electron chi connectivity index (χ3n) is 4.27. The lowest BCUT2D eigenvalue weighted by atomic mass is 10.1. The second-order valence-corrected chi connectivity index (χ2v) is 7.19. The highest BCUT2D eigenvalue weighted by atomic mass is 16.5. The van der Waals surface area contributed by atoms with E-state index in [1.807, 2.05) is 12.1 Å². The Bertz CT molecular complexity index is 925. The van der Waals surface area contributed by atoms with Crippen LogP contribution in [0.5, 0.6) is 0 Å². The van der Waals surface area contributed by atoms with Gasteiger partial charge in [-0.05, 0) is 30.9 Å². The van der Waals surface area contributed by atoms with Gasteiger partial charge in [0.15, 0.2) is 5.82 Å². The quantitative estimate of drug-likeness (QED) is 0.683. The van der Waals surface area contributed by atoms with Crippen LogP contribution in [0.25, 0.3) is 11.4 Å². The number of carbonyl (C=O) groups excluding carboxylic acids is 1. The highest BCUT2D eigenvalue weighted by Crippen LogP contribution is 2.39. The number of hydrogen-bond acceptors (Lipinski definition) is 7. The van der Waals surface area contributed by atoms with Gasteiger partial charge in [0.2, 0.25) is 17.6 Å². The molecule has 0 atom stereocenters. The van der Waals surface area contributed by atoms with Crippen LogP contribution in [0.2, 0.25) is 0 Å². The lowest BCUT2D eigenvalue weighted by Crippen LogP contribution is -2.23. The third-order valence-corrected chi connectivity index (χ3v) is 4.27. The van der Waals surface area contributed by atoms with Crippen LogP contribution >= 0.6 is 0 Å². The molecule has 1 aliphatic rings. The molecule has 0 aliphatic heterocycles. The summed E-state index contributed by atoms with van der Waals surface area (Å²) in [5.41, 5.74) is 1.36. The number of amides is 1. The van der Waals surface area contributed by atoms with Crippen LogP contribution in [-0.2, 0) is 13.0 Å². The van der Waals surface area contributed by atoms with Crippen molar-refractivity contribution in [2.24, 2.45) is 5.92 Å². The Morgan fingerprint density at radius 2 is 1.93 bits per heavy atom. The van der Waals surface area contributed by atoms with E-state index in [0.717, 1.165) is 24.8 Å². The number of rotatable bonds is 7. The van der Waals surface area contributed by atoms with E-state index in [1.165, 1.54) is 0 Å². The van der Waals surface area contributed by atoms with Gasteiger partial charge >= 0.3 is 0 Å². The van der Waals surface area contributed by atoms with Crippen molar-refractivity contribution < 1.29 is 13.8 Å². The SMILES string of the molecule is CC(C)Cc1nc(CNC(=O)c2ccc(-c3noc(C4CC4)n3)cc2)no1. The molecule has 140 valence electrons. The van der Waals surface area contributed by atoms with E-state index < -0.39 is 0 Å². The molecular formula is C19H21N5O3. The van der Waals surface area contributed by atoms with Gasteiger partial charge in [-0.2, -0.15) is 9.97 Å². The average Bonchev–Trinajstić information content (AvgIpc) is 3.22. The Morgan fingerprint density at radius 3 is 2.63 bits per heavy atom. The van der Waals surface area contributed by atoms with Crippen LogP contribution < -0.4 is 5.32 Å². The number of nitrogens with zero attached hydrogens (tertiary/aromatic N) is 4. The van der Waals surface area contributed by atoms with Crippen LogP contribution in [0, 0.1) is 5.92 Å². The van der Waals surface area contributed by atoms with Gasteiger partial charge in [-0.25, -0.2) is 0 Å². The molecule has 1 aliphatic carbocycles. The highest BCUT2D eigenvalue weighted by Gasteiger charge is 2.29. The molecule has 2 aromatic heterocycles. The average molecular weight is 367 g/mol. The lowest BCUT2D eigenvalue weighted by Gasteiger charge is -2.03. The molecule has 1 N–H and O–H groups in total. The van der Waals surface area contributed by atoms with Crippen molar-refractivity contribution in [1.82, 2.24) is 25.6 Å². The predicted octanol–water partition coefficient (Wildman–Crippen LogP) is 3.13. The summed E-state index contributed by atoms with van der Waals surface area (Å²) in [5, 5.41) is 10.7. The van der Waals surface area contributed by atoms with Gasteiger partial charge in [0.1, 0.15) is 0 Å². The summed E-state index contributed by atoms with van der Waals surface area (Å²) in [6, 6.07) is 7.09. The first-order valence-electron chi connectivity index (χ1n) is 9.12. The molecule has 0 bridgehead atoms. The largest absolute Gasteiger partial charge is 0.345 e. The second kappa shape index (κ2) is 7.30. The van der Waals surface area contributed by atoms with E-state index in [1.54, 1.807) is 12.1 Å². The number of aromatic nitrogens is 4. The smallest absolute Gasteiger partial charge is 0.251 e. The molecular weight excluding hydrogens is 346 g/mol. The molecule has 8 nitrogen and oxygen atoms in total. The molecule has 0 unspecified atom stereocenters. The summed E-state index contributed by atoms with van der Waals surface area (Å²) in [5.74, 6) is 2.95. The molecule has 0 saturated heterocycles. The Labute approximate surface area is 156 Å². The van der Waals surface area contributed by atoms with Crippen LogP contribution in [-0.4, -0.2) is 26.2 Å². The fourth-order valence-electron chi connectivity index (χ4n) is 2.67. The minimum Gasteiger partial charge on any atom is -0.345 e. The van der Waals surface area contributed by atoms with Crippen molar-refractivity contribution in [3.63, 3.8) is 0 Å². The zero-order valence-electron chi connectivity index (χ0n) is 15.3. The van der Waals surface area contributed by atoms with E-state index >= 15 is 0 Å². The van der Waals surface area contributed by atoms with E-state index in [2.05, 4.69) is 39.4 Å². The number of hydrogen-bond donors (Lipinski definition) is 1. The molecule has 0 radical (unpaired) electrons. The highest BCUT2D eigenvalue weighted by molar-refractivity contribution is 5.94. The van der Waals surface area contributed by atoms with E-state index in [-0.39, 0.29) is 12.5 Å². The van der Waals surface area contributed by atoms with E-state index in [4.69, 9.17) is 9.05 Å². The fraction of sp³-hybridized carbons (Fsp3) is 0.421. The molecule has 1 amide bonds.